The summed E-state index contributed by atoms with van der Waals surface area (Å²) < 4.78 is 17.1. The number of Topliss-reactive ketones (excluding diaryl/α,β-unsaturated/α-hetero) is 2. The third kappa shape index (κ3) is 6.81. The van der Waals surface area contributed by atoms with Crippen LogP contribution in [0.2, 0.25) is 0 Å². The molecule has 0 radical (unpaired) electrons. The lowest BCUT2D eigenvalue weighted by atomic mass is 10.00. The molecule has 5 nitrogen and oxygen atoms in total. The summed E-state index contributed by atoms with van der Waals surface area (Å²) >= 11 is 0. The zero-order valence-corrected chi connectivity index (χ0v) is 16.5. The number of allylic oxidation sites excluding steroid dienone is 1. The smallest absolute Gasteiger partial charge is 0.161 e. The van der Waals surface area contributed by atoms with Crippen LogP contribution >= 0.6 is 0 Å². The average molecular weight is 379 g/mol. The minimum absolute atomic E-state index is 0.108. The van der Waals surface area contributed by atoms with E-state index in [1.165, 1.54) is 0 Å². The summed E-state index contributed by atoms with van der Waals surface area (Å²) in [5.74, 6) is 0.494. The molecule has 0 aromatic heterocycles. The molecule has 0 aromatic carbocycles. The van der Waals surface area contributed by atoms with Crippen molar-refractivity contribution < 1.29 is 23.8 Å². The van der Waals surface area contributed by atoms with Gasteiger partial charge in [-0.15, -0.1) is 0 Å². The molecule has 3 atom stereocenters. The van der Waals surface area contributed by atoms with Gasteiger partial charge in [0.05, 0.1) is 6.10 Å². The van der Waals surface area contributed by atoms with Crippen LogP contribution in [0, 0.1) is 0 Å². The van der Waals surface area contributed by atoms with E-state index in [9.17, 15) is 9.59 Å². The zero-order chi connectivity index (χ0) is 18.9. The van der Waals surface area contributed by atoms with E-state index in [-0.39, 0.29) is 30.1 Å². The normalized spacial score (nSPS) is 29.0. The lowest BCUT2D eigenvalue weighted by Crippen LogP contribution is -2.27. The lowest BCUT2D eigenvalue weighted by Gasteiger charge is -2.24. The van der Waals surface area contributed by atoms with Crippen LogP contribution in [0.5, 0.6) is 0 Å². The Morgan fingerprint density at radius 1 is 1.00 bits per heavy atom. The van der Waals surface area contributed by atoms with Gasteiger partial charge in [0.15, 0.2) is 17.9 Å². The van der Waals surface area contributed by atoms with Crippen LogP contribution in [-0.4, -0.2) is 43.3 Å². The van der Waals surface area contributed by atoms with E-state index in [2.05, 4.69) is 0 Å². The molecule has 0 N–H and O–H groups in total. The van der Waals surface area contributed by atoms with Crippen molar-refractivity contribution in [2.24, 2.45) is 0 Å². The van der Waals surface area contributed by atoms with Gasteiger partial charge in [-0.3, -0.25) is 9.59 Å². The molecule has 2 heterocycles. The average Bonchev–Trinajstić information content (AvgIpc) is 3.05. The Labute approximate surface area is 162 Å². The molecular weight excluding hydrogens is 344 g/mol. The first-order valence-electron chi connectivity index (χ1n) is 10.9. The summed E-state index contributed by atoms with van der Waals surface area (Å²) in [6.07, 6.45) is 13.8. The molecule has 2 aliphatic heterocycles. The van der Waals surface area contributed by atoms with Gasteiger partial charge in [-0.05, 0) is 69.4 Å². The van der Waals surface area contributed by atoms with Crippen LogP contribution in [0.4, 0.5) is 0 Å². The third-order valence-corrected chi connectivity index (χ3v) is 5.75. The molecule has 0 saturated carbocycles. The van der Waals surface area contributed by atoms with Crippen molar-refractivity contribution in [3.63, 3.8) is 0 Å². The minimum atomic E-state index is -0.148. The van der Waals surface area contributed by atoms with E-state index in [4.69, 9.17) is 14.2 Å². The molecule has 152 valence electrons. The molecule has 0 aromatic rings. The molecule has 3 aliphatic rings. The fourth-order valence-corrected chi connectivity index (χ4v) is 4.14. The third-order valence-electron chi connectivity index (χ3n) is 5.75. The van der Waals surface area contributed by atoms with Gasteiger partial charge in [-0.2, -0.15) is 0 Å². The first-order chi connectivity index (χ1) is 13.2. The van der Waals surface area contributed by atoms with Gasteiger partial charge < -0.3 is 14.2 Å². The van der Waals surface area contributed by atoms with Crippen molar-refractivity contribution in [2.45, 2.75) is 102 Å². The zero-order valence-electron chi connectivity index (χ0n) is 16.5. The summed E-state index contributed by atoms with van der Waals surface area (Å²) in [4.78, 5) is 24.2. The fourth-order valence-electron chi connectivity index (χ4n) is 4.14. The fraction of sp³-hybridized carbons (Fsp3) is 0.818. The summed E-state index contributed by atoms with van der Waals surface area (Å²) in [7, 11) is 0. The first kappa shape index (κ1) is 20.7. The molecule has 27 heavy (non-hydrogen) atoms. The van der Waals surface area contributed by atoms with Crippen molar-refractivity contribution in [3.05, 3.63) is 11.6 Å². The predicted molar refractivity (Wildman–Crippen MR) is 102 cm³/mol. The van der Waals surface area contributed by atoms with Crippen molar-refractivity contribution in [3.8, 4) is 0 Å². The predicted octanol–water partition coefficient (Wildman–Crippen LogP) is 4.28. The Kier molecular flexibility index (Phi) is 8.49. The van der Waals surface area contributed by atoms with E-state index < -0.39 is 0 Å². The van der Waals surface area contributed by atoms with E-state index in [0.29, 0.717) is 12.8 Å². The monoisotopic (exact) mass is 378 g/mol. The number of unbranched alkanes of at least 4 members (excludes halogenated alkanes) is 3. The molecule has 2 fully saturated rings. The Hall–Kier alpha value is -1.04. The van der Waals surface area contributed by atoms with Crippen molar-refractivity contribution in [2.75, 3.05) is 13.2 Å². The molecule has 0 bridgehead atoms. The first-order valence-corrected chi connectivity index (χ1v) is 10.9. The summed E-state index contributed by atoms with van der Waals surface area (Å²) in [6, 6.07) is 0. The molecule has 3 rings (SSSR count). The highest BCUT2D eigenvalue weighted by atomic mass is 16.7. The number of ketones is 2. The Morgan fingerprint density at radius 2 is 1.78 bits per heavy atom. The van der Waals surface area contributed by atoms with Crippen LogP contribution in [0.25, 0.3) is 0 Å². The lowest BCUT2D eigenvalue weighted by molar-refractivity contribution is -0.178. The topological polar surface area (TPSA) is 61.8 Å². The highest BCUT2D eigenvalue weighted by Crippen LogP contribution is 2.26. The molecule has 0 spiro atoms. The Balaban J connectivity index is 1.26. The highest BCUT2D eigenvalue weighted by molar-refractivity contribution is 5.98. The number of hydrogen-bond donors (Lipinski definition) is 0. The van der Waals surface area contributed by atoms with Crippen LogP contribution in [0.15, 0.2) is 11.6 Å². The van der Waals surface area contributed by atoms with E-state index >= 15 is 0 Å². The van der Waals surface area contributed by atoms with Crippen LogP contribution < -0.4 is 0 Å². The van der Waals surface area contributed by atoms with Crippen molar-refractivity contribution >= 4 is 11.6 Å². The number of carbonyl (C=O) groups excluding carboxylic acids is 2. The SMILES string of the molecule is O=C1CC(OC2CCCCO2)C=C1CCCCCCC(=O)C1CCCCO1. The number of carbonyl (C=O) groups is 2. The van der Waals surface area contributed by atoms with Gasteiger partial charge in [0.25, 0.3) is 0 Å². The van der Waals surface area contributed by atoms with E-state index in [1.807, 2.05) is 6.08 Å². The van der Waals surface area contributed by atoms with Crippen LogP contribution in [-0.2, 0) is 23.8 Å². The second kappa shape index (κ2) is 11.1. The van der Waals surface area contributed by atoms with E-state index in [0.717, 1.165) is 89.4 Å². The van der Waals surface area contributed by atoms with Crippen molar-refractivity contribution in [1.82, 2.24) is 0 Å². The van der Waals surface area contributed by atoms with Gasteiger partial charge in [0.1, 0.15) is 6.10 Å². The standard InChI is InChI=1S/C22H34O5/c23-19(21-11-5-7-13-25-21)10-4-2-1-3-9-17-15-18(16-20(17)24)27-22-12-6-8-14-26-22/h15,18,21-22H,1-14,16H2. The summed E-state index contributed by atoms with van der Waals surface area (Å²) in [5.41, 5.74) is 0.919. The highest BCUT2D eigenvalue weighted by Gasteiger charge is 2.27. The van der Waals surface area contributed by atoms with Gasteiger partial charge in [0, 0.05) is 26.1 Å². The van der Waals surface area contributed by atoms with Gasteiger partial charge in [0.2, 0.25) is 0 Å². The molecule has 0 amide bonds. The number of rotatable bonds is 10. The minimum Gasteiger partial charge on any atom is -0.370 e. The van der Waals surface area contributed by atoms with Gasteiger partial charge in [-0.25, -0.2) is 0 Å². The quantitative estimate of drug-likeness (QED) is 0.531. The van der Waals surface area contributed by atoms with Crippen LogP contribution in [0.1, 0.15) is 83.5 Å². The maximum absolute atomic E-state index is 12.2. The molecule has 2 saturated heterocycles. The van der Waals surface area contributed by atoms with Crippen molar-refractivity contribution in [1.29, 1.82) is 0 Å². The largest absolute Gasteiger partial charge is 0.370 e. The Morgan fingerprint density at radius 3 is 2.52 bits per heavy atom. The number of hydrogen-bond acceptors (Lipinski definition) is 5. The maximum Gasteiger partial charge on any atom is 0.161 e. The van der Waals surface area contributed by atoms with Crippen LogP contribution in [0.3, 0.4) is 0 Å². The number of ether oxygens (including phenoxy) is 3. The Bertz CT molecular complexity index is 515. The molecule has 3 unspecified atom stereocenters. The summed E-state index contributed by atoms with van der Waals surface area (Å²) in [5, 5.41) is 0. The molecular formula is C22H34O5. The van der Waals surface area contributed by atoms with Gasteiger partial charge in [-0.1, -0.05) is 12.8 Å². The van der Waals surface area contributed by atoms with Gasteiger partial charge >= 0.3 is 0 Å². The van der Waals surface area contributed by atoms with E-state index in [1.54, 1.807) is 0 Å². The maximum atomic E-state index is 12.2. The summed E-state index contributed by atoms with van der Waals surface area (Å²) in [6.45, 7) is 1.49. The molecule has 1 aliphatic carbocycles. The molecule has 5 heteroatoms. The second-order valence-corrected chi connectivity index (χ2v) is 8.03. The second-order valence-electron chi connectivity index (χ2n) is 8.03.